The van der Waals surface area contributed by atoms with Gasteiger partial charge in [0.2, 0.25) is 0 Å². The fourth-order valence-electron chi connectivity index (χ4n) is 3.31. The molecule has 2 heterocycles. The fraction of sp³-hybridized carbons (Fsp3) is 0.450. The van der Waals surface area contributed by atoms with E-state index < -0.39 is 0 Å². The third-order valence-electron chi connectivity index (χ3n) is 4.86. The predicted octanol–water partition coefficient (Wildman–Crippen LogP) is 4.31. The van der Waals surface area contributed by atoms with E-state index in [1.54, 1.807) is 18.4 Å². The van der Waals surface area contributed by atoms with E-state index in [0.29, 0.717) is 0 Å². The minimum atomic E-state index is -0.112. The van der Waals surface area contributed by atoms with Crippen LogP contribution in [-0.4, -0.2) is 49.1 Å². The van der Waals surface area contributed by atoms with Gasteiger partial charge in [-0.05, 0) is 32.0 Å². The molecule has 3 rings (SSSR count). The lowest BCUT2D eigenvalue weighted by molar-refractivity contribution is 0.134. The van der Waals surface area contributed by atoms with Crippen molar-refractivity contribution in [2.75, 3.05) is 33.3 Å². The second-order valence-corrected chi connectivity index (χ2v) is 8.69. The summed E-state index contributed by atoms with van der Waals surface area (Å²) in [6, 6.07) is 9.90. The number of piperazine rings is 1. The highest BCUT2D eigenvalue weighted by atomic mass is 35.5. The van der Waals surface area contributed by atoms with Crippen molar-refractivity contribution in [2.45, 2.75) is 26.4 Å². The standard InChI is InChI=1S/C20H26ClN3O2S/c1-14-4-6-18(26-3)17(12-14)15(2)22-20(25)24-10-8-23(9-11-24)13-16-5-7-19(21)27-16/h4-7,12,15H,8-11,13H2,1-3H3,(H,22,25). The van der Waals surface area contributed by atoms with Gasteiger partial charge in [0, 0.05) is 43.2 Å². The van der Waals surface area contributed by atoms with Crippen LogP contribution in [0.15, 0.2) is 30.3 Å². The van der Waals surface area contributed by atoms with Crippen LogP contribution in [0.3, 0.4) is 0 Å². The van der Waals surface area contributed by atoms with E-state index in [1.165, 1.54) is 4.88 Å². The molecule has 146 valence electrons. The van der Waals surface area contributed by atoms with Crippen LogP contribution < -0.4 is 10.1 Å². The summed E-state index contributed by atoms with van der Waals surface area (Å²) in [6.07, 6.45) is 0. The van der Waals surface area contributed by atoms with Crippen molar-refractivity contribution in [3.8, 4) is 5.75 Å². The fourth-order valence-corrected chi connectivity index (χ4v) is 4.44. The van der Waals surface area contributed by atoms with Crippen LogP contribution >= 0.6 is 22.9 Å². The summed E-state index contributed by atoms with van der Waals surface area (Å²) in [5.74, 6) is 0.799. The summed E-state index contributed by atoms with van der Waals surface area (Å²) in [7, 11) is 1.66. The molecule has 1 N–H and O–H groups in total. The highest BCUT2D eigenvalue weighted by molar-refractivity contribution is 7.16. The molecular weight excluding hydrogens is 382 g/mol. The van der Waals surface area contributed by atoms with E-state index in [4.69, 9.17) is 16.3 Å². The largest absolute Gasteiger partial charge is 0.496 e. The van der Waals surface area contributed by atoms with Crippen molar-refractivity contribution in [3.05, 3.63) is 50.7 Å². The summed E-state index contributed by atoms with van der Waals surface area (Å²) in [4.78, 5) is 18.2. The van der Waals surface area contributed by atoms with Gasteiger partial charge >= 0.3 is 6.03 Å². The second kappa shape index (κ2) is 8.95. The zero-order valence-corrected chi connectivity index (χ0v) is 17.6. The van der Waals surface area contributed by atoms with Gasteiger partial charge in [0.25, 0.3) is 0 Å². The number of hydrogen-bond acceptors (Lipinski definition) is 4. The number of carbonyl (C=O) groups excluding carboxylic acids is 1. The maximum absolute atomic E-state index is 12.7. The highest BCUT2D eigenvalue weighted by Crippen LogP contribution is 2.26. The third-order valence-corrected chi connectivity index (χ3v) is 6.08. The number of halogens is 1. The molecule has 2 aromatic rings. The van der Waals surface area contributed by atoms with Gasteiger partial charge in [0.1, 0.15) is 5.75 Å². The van der Waals surface area contributed by atoms with Gasteiger partial charge in [-0.15, -0.1) is 11.3 Å². The van der Waals surface area contributed by atoms with Gasteiger partial charge in [-0.25, -0.2) is 4.79 Å². The molecule has 0 saturated carbocycles. The first-order valence-electron chi connectivity index (χ1n) is 9.13. The lowest BCUT2D eigenvalue weighted by Crippen LogP contribution is -2.51. The molecule has 1 aromatic heterocycles. The van der Waals surface area contributed by atoms with Crippen LogP contribution in [0.5, 0.6) is 5.75 Å². The Labute approximate surface area is 169 Å². The molecule has 0 radical (unpaired) electrons. The van der Waals surface area contributed by atoms with Crippen LogP contribution in [0, 0.1) is 6.92 Å². The number of methoxy groups -OCH3 is 1. The van der Waals surface area contributed by atoms with E-state index in [-0.39, 0.29) is 12.1 Å². The number of nitrogens with one attached hydrogen (secondary N) is 1. The second-order valence-electron chi connectivity index (χ2n) is 6.89. The number of rotatable bonds is 5. The first-order chi connectivity index (χ1) is 13.0. The lowest BCUT2D eigenvalue weighted by Gasteiger charge is -2.35. The topological polar surface area (TPSA) is 44.8 Å². The number of benzene rings is 1. The molecule has 1 aliphatic rings. The molecule has 27 heavy (non-hydrogen) atoms. The van der Waals surface area contributed by atoms with Gasteiger partial charge in [-0.1, -0.05) is 29.3 Å². The van der Waals surface area contributed by atoms with Crippen LogP contribution in [-0.2, 0) is 6.54 Å². The van der Waals surface area contributed by atoms with E-state index in [2.05, 4.69) is 22.3 Å². The van der Waals surface area contributed by atoms with E-state index in [1.807, 2.05) is 36.9 Å². The number of thiophene rings is 1. The van der Waals surface area contributed by atoms with E-state index >= 15 is 0 Å². The molecule has 0 aliphatic carbocycles. The normalized spacial score (nSPS) is 16.2. The van der Waals surface area contributed by atoms with Gasteiger partial charge in [-0.3, -0.25) is 4.90 Å². The molecule has 1 unspecified atom stereocenters. The Kier molecular flexibility index (Phi) is 6.63. The average molecular weight is 408 g/mol. The molecule has 1 fully saturated rings. The maximum atomic E-state index is 12.7. The zero-order valence-electron chi connectivity index (χ0n) is 16.0. The minimum absolute atomic E-state index is 0.0233. The number of aryl methyl sites for hydroxylation is 1. The van der Waals surface area contributed by atoms with Gasteiger partial charge in [0.05, 0.1) is 17.5 Å². The quantitative estimate of drug-likeness (QED) is 0.803. The van der Waals surface area contributed by atoms with E-state index in [0.717, 1.165) is 53.9 Å². The smallest absolute Gasteiger partial charge is 0.317 e. The zero-order chi connectivity index (χ0) is 19.4. The van der Waals surface area contributed by atoms with Crippen molar-refractivity contribution >= 4 is 29.0 Å². The lowest BCUT2D eigenvalue weighted by atomic mass is 10.0. The van der Waals surface area contributed by atoms with Gasteiger partial charge in [0.15, 0.2) is 0 Å². The number of nitrogens with zero attached hydrogens (tertiary/aromatic N) is 2. The summed E-state index contributed by atoms with van der Waals surface area (Å²) < 4.78 is 6.26. The van der Waals surface area contributed by atoms with Crippen molar-refractivity contribution < 1.29 is 9.53 Å². The Morgan fingerprint density at radius 3 is 2.63 bits per heavy atom. The molecule has 1 saturated heterocycles. The number of urea groups is 1. The number of hydrogen-bond donors (Lipinski definition) is 1. The molecule has 2 amide bonds. The first kappa shape index (κ1) is 20.0. The van der Waals surface area contributed by atoms with Crippen molar-refractivity contribution in [3.63, 3.8) is 0 Å². The Balaban J connectivity index is 1.52. The van der Waals surface area contributed by atoms with Crippen molar-refractivity contribution in [1.29, 1.82) is 0 Å². The summed E-state index contributed by atoms with van der Waals surface area (Å²) in [5, 5.41) is 3.11. The monoisotopic (exact) mass is 407 g/mol. The molecule has 1 aromatic carbocycles. The van der Waals surface area contributed by atoms with Crippen molar-refractivity contribution in [1.82, 2.24) is 15.1 Å². The molecule has 1 atom stereocenters. The van der Waals surface area contributed by atoms with Crippen LogP contribution in [0.25, 0.3) is 0 Å². The van der Waals surface area contributed by atoms with Crippen molar-refractivity contribution in [2.24, 2.45) is 0 Å². The molecule has 0 bridgehead atoms. The molecular formula is C20H26ClN3O2S. The van der Waals surface area contributed by atoms with Gasteiger partial charge in [-0.2, -0.15) is 0 Å². The highest BCUT2D eigenvalue weighted by Gasteiger charge is 2.23. The first-order valence-corrected chi connectivity index (χ1v) is 10.3. The summed E-state index contributed by atoms with van der Waals surface area (Å²) >= 11 is 7.62. The predicted molar refractivity (Wildman–Crippen MR) is 111 cm³/mol. The summed E-state index contributed by atoms with van der Waals surface area (Å²) in [6.45, 7) is 8.11. The third kappa shape index (κ3) is 5.15. The number of amides is 2. The Morgan fingerprint density at radius 1 is 1.26 bits per heavy atom. The molecule has 7 heteroatoms. The van der Waals surface area contributed by atoms with E-state index in [9.17, 15) is 4.79 Å². The average Bonchev–Trinajstić information content (AvgIpc) is 3.06. The van der Waals surface area contributed by atoms with Crippen LogP contribution in [0.1, 0.15) is 29.0 Å². The summed E-state index contributed by atoms with van der Waals surface area (Å²) in [5.41, 5.74) is 2.15. The van der Waals surface area contributed by atoms with Crippen LogP contribution in [0.2, 0.25) is 4.34 Å². The Hall–Kier alpha value is -1.76. The molecule has 1 aliphatic heterocycles. The number of carbonyl (C=O) groups is 1. The maximum Gasteiger partial charge on any atom is 0.317 e. The van der Waals surface area contributed by atoms with Crippen LogP contribution in [0.4, 0.5) is 4.79 Å². The number of ether oxygens (including phenoxy) is 1. The molecule has 5 nitrogen and oxygen atoms in total. The SMILES string of the molecule is COc1ccc(C)cc1C(C)NC(=O)N1CCN(Cc2ccc(Cl)s2)CC1. The van der Waals surface area contributed by atoms with Gasteiger partial charge < -0.3 is 15.0 Å². The minimum Gasteiger partial charge on any atom is -0.496 e. The Morgan fingerprint density at radius 2 is 2.00 bits per heavy atom. The molecule has 0 spiro atoms. The Bertz CT molecular complexity index is 787.